The average molecular weight is 474 g/mol. The van der Waals surface area contributed by atoms with Gasteiger partial charge in [-0.25, -0.2) is 9.78 Å². The number of hydrogen-bond donors (Lipinski definition) is 0. The lowest BCUT2D eigenvalue weighted by molar-refractivity contribution is -0.119. The van der Waals surface area contributed by atoms with Crippen molar-refractivity contribution in [3.8, 4) is 11.3 Å². The summed E-state index contributed by atoms with van der Waals surface area (Å²) in [6, 6.07) is 17.5. The Balaban J connectivity index is 1.44. The van der Waals surface area contributed by atoms with E-state index < -0.39 is 5.69 Å². The summed E-state index contributed by atoms with van der Waals surface area (Å²) in [6.07, 6.45) is 0.819. The molecule has 1 fully saturated rings. The number of carbonyl (C=O) groups excluding carboxylic acids is 1. The fourth-order valence-electron chi connectivity index (χ4n) is 4.58. The molecule has 0 bridgehead atoms. The smallest absolute Gasteiger partial charge is 0.349 e. The summed E-state index contributed by atoms with van der Waals surface area (Å²) in [5.41, 5.74) is 3.65. The minimum atomic E-state index is -0.440. The Labute approximate surface area is 200 Å². The Morgan fingerprint density at radius 1 is 0.971 bits per heavy atom. The minimum Gasteiger partial charge on any atom is -0.378 e. The highest BCUT2D eigenvalue weighted by Crippen LogP contribution is 2.34. The van der Waals surface area contributed by atoms with Gasteiger partial charge in [0.2, 0.25) is 5.91 Å². The molecule has 2 aromatic carbocycles. The first kappa shape index (κ1) is 21.0. The van der Waals surface area contributed by atoms with Crippen molar-refractivity contribution in [2.45, 2.75) is 13.0 Å². The summed E-state index contributed by atoms with van der Waals surface area (Å²) < 4.78 is 6.97. The molecule has 1 saturated heterocycles. The zero-order chi connectivity index (χ0) is 23.1. The van der Waals surface area contributed by atoms with Crippen molar-refractivity contribution in [2.75, 3.05) is 42.6 Å². The number of amides is 1. The van der Waals surface area contributed by atoms with Crippen molar-refractivity contribution in [2.24, 2.45) is 0 Å². The molecule has 0 N–H and O–H groups in total. The van der Waals surface area contributed by atoms with E-state index in [1.54, 1.807) is 4.90 Å². The molecule has 4 aromatic rings. The fraction of sp³-hybridized carbons (Fsp3) is 0.280. The Morgan fingerprint density at radius 2 is 1.74 bits per heavy atom. The van der Waals surface area contributed by atoms with Gasteiger partial charge >= 0.3 is 5.69 Å². The molecule has 0 unspecified atom stereocenters. The van der Waals surface area contributed by atoms with E-state index in [1.165, 1.54) is 15.9 Å². The normalized spacial score (nSPS) is 15.6. The maximum Gasteiger partial charge on any atom is 0.349 e. The predicted octanol–water partition coefficient (Wildman–Crippen LogP) is 2.95. The minimum absolute atomic E-state index is 0.0729. The summed E-state index contributed by atoms with van der Waals surface area (Å²) in [5, 5.41) is 0.815. The van der Waals surface area contributed by atoms with E-state index in [2.05, 4.69) is 9.88 Å². The number of morpholine rings is 1. The second kappa shape index (κ2) is 8.66. The predicted molar refractivity (Wildman–Crippen MR) is 133 cm³/mol. The van der Waals surface area contributed by atoms with Crippen molar-refractivity contribution in [1.82, 2.24) is 14.5 Å². The summed E-state index contributed by atoms with van der Waals surface area (Å²) in [7, 11) is 0. The molecule has 0 radical (unpaired) electrons. The number of ether oxygens (including phenoxy) is 1. The van der Waals surface area contributed by atoms with E-state index in [-0.39, 0.29) is 12.5 Å². The van der Waals surface area contributed by atoms with Crippen LogP contribution in [0.5, 0.6) is 0 Å². The maximum absolute atomic E-state index is 13.3. The van der Waals surface area contributed by atoms with Gasteiger partial charge in [0.05, 0.1) is 13.2 Å². The average Bonchev–Trinajstić information content (AvgIpc) is 3.52. The lowest BCUT2D eigenvalue weighted by Crippen LogP contribution is -2.36. The third-order valence-corrected chi connectivity index (χ3v) is 7.46. The third-order valence-electron chi connectivity index (χ3n) is 6.32. The molecule has 34 heavy (non-hydrogen) atoms. The number of fused-ring (bicyclic) bond motifs is 2. The van der Waals surface area contributed by atoms with Gasteiger partial charge in [-0.3, -0.25) is 9.36 Å². The van der Waals surface area contributed by atoms with Crippen molar-refractivity contribution in [3.05, 3.63) is 70.6 Å². The van der Waals surface area contributed by atoms with Gasteiger partial charge in [0.15, 0.2) is 5.13 Å². The van der Waals surface area contributed by atoms with E-state index >= 15 is 0 Å². The molecule has 8 nitrogen and oxygen atoms in total. The maximum atomic E-state index is 13.3. The van der Waals surface area contributed by atoms with E-state index in [9.17, 15) is 9.59 Å². The monoisotopic (exact) mass is 473 g/mol. The highest BCUT2D eigenvalue weighted by atomic mass is 32.1. The topological polar surface area (TPSA) is 80.6 Å². The lowest BCUT2D eigenvalue weighted by Gasteiger charge is -2.25. The van der Waals surface area contributed by atoms with Crippen LogP contribution in [0, 0.1) is 0 Å². The SMILES string of the molecule is O=C(Cn1c(=O)nc(-c2ccccc2)c2nc(N3CCOCC3)sc21)N1CCc2ccccc21. The number of para-hydroxylation sites is 1. The van der Waals surface area contributed by atoms with Crippen LogP contribution in [0.25, 0.3) is 21.6 Å². The quantitative estimate of drug-likeness (QED) is 0.453. The molecule has 0 aliphatic carbocycles. The van der Waals surface area contributed by atoms with Crippen LogP contribution in [0.4, 0.5) is 10.8 Å². The molecule has 9 heteroatoms. The molecule has 2 aliphatic rings. The zero-order valence-corrected chi connectivity index (χ0v) is 19.3. The summed E-state index contributed by atoms with van der Waals surface area (Å²) in [4.78, 5) is 40.5. The van der Waals surface area contributed by atoms with Crippen LogP contribution in [-0.4, -0.2) is 53.3 Å². The zero-order valence-electron chi connectivity index (χ0n) is 18.5. The summed E-state index contributed by atoms with van der Waals surface area (Å²) in [6.45, 7) is 3.30. The second-order valence-corrected chi connectivity index (χ2v) is 9.32. The van der Waals surface area contributed by atoms with Gasteiger partial charge in [-0.1, -0.05) is 59.9 Å². The van der Waals surface area contributed by atoms with Crippen LogP contribution in [0.2, 0.25) is 0 Å². The number of benzene rings is 2. The molecular weight excluding hydrogens is 450 g/mol. The molecule has 2 aromatic heterocycles. The van der Waals surface area contributed by atoms with Gasteiger partial charge in [0.1, 0.15) is 22.6 Å². The Bertz CT molecular complexity index is 1430. The molecule has 2 aliphatic heterocycles. The van der Waals surface area contributed by atoms with Crippen LogP contribution in [0.3, 0.4) is 0 Å². The van der Waals surface area contributed by atoms with E-state index in [0.717, 1.165) is 41.5 Å². The second-order valence-electron chi connectivity index (χ2n) is 8.37. The van der Waals surface area contributed by atoms with Crippen molar-refractivity contribution in [3.63, 3.8) is 0 Å². The number of rotatable bonds is 4. The van der Waals surface area contributed by atoms with E-state index in [4.69, 9.17) is 9.72 Å². The summed E-state index contributed by atoms with van der Waals surface area (Å²) in [5.74, 6) is -0.121. The van der Waals surface area contributed by atoms with Crippen molar-refractivity contribution < 1.29 is 9.53 Å². The molecule has 0 atom stereocenters. The van der Waals surface area contributed by atoms with Gasteiger partial charge in [-0.05, 0) is 18.1 Å². The van der Waals surface area contributed by atoms with Gasteiger partial charge < -0.3 is 14.5 Å². The van der Waals surface area contributed by atoms with Crippen LogP contribution in [0.1, 0.15) is 5.56 Å². The van der Waals surface area contributed by atoms with Crippen LogP contribution >= 0.6 is 11.3 Å². The van der Waals surface area contributed by atoms with E-state index in [0.29, 0.717) is 35.8 Å². The highest BCUT2D eigenvalue weighted by Gasteiger charge is 2.27. The van der Waals surface area contributed by atoms with E-state index in [1.807, 2.05) is 54.6 Å². The standard InChI is InChI=1S/C25H23N5O3S/c31-20(29-11-10-17-6-4-5-9-19(17)29)16-30-23-22(27-25(34-23)28-12-14-33-15-13-28)21(26-24(30)32)18-7-2-1-3-8-18/h1-9H,10-16H2. The number of aromatic nitrogens is 3. The Hall–Kier alpha value is -3.56. The van der Waals surface area contributed by atoms with Crippen LogP contribution in [0.15, 0.2) is 59.4 Å². The molecule has 1 amide bonds. The van der Waals surface area contributed by atoms with Gasteiger partial charge in [0.25, 0.3) is 0 Å². The number of nitrogens with zero attached hydrogens (tertiary/aromatic N) is 5. The first-order valence-corrected chi connectivity index (χ1v) is 12.2. The lowest BCUT2D eigenvalue weighted by atomic mass is 10.1. The highest BCUT2D eigenvalue weighted by molar-refractivity contribution is 7.22. The molecular formula is C25H23N5O3S. The fourth-order valence-corrected chi connectivity index (χ4v) is 5.69. The first-order valence-electron chi connectivity index (χ1n) is 11.4. The van der Waals surface area contributed by atoms with Crippen molar-refractivity contribution >= 4 is 38.4 Å². The molecule has 0 saturated carbocycles. The molecule has 6 rings (SSSR count). The van der Waals surface area contributed by atoms with Crippen LogP contribution < -0.4 is 15.5 Å². The Morgan fingerprint density at radius 3 is 2.56 bits per heavy atom. The van der Waals surface area contributed by atoms with Gasteiger partial charge in [-0.15, -0.1) is 0 Å². The number of thiazole rings is 1. The van der Waals surface area contributed by atoms with Crippen LogP contribution in [-0.2, 0) is 22.5 Å². The number of hydrogen-bond acceptors (Lipinski definition) is 7. The first-order chi connectivity index (χ1) is 16.7. The van der Waals surface area contributed by atoms with Gasteiger partial charge in [0, 0.05) is 30.9 Å². The summed E-state index contributed by atoms with van der Waals surface area (Å²) >= 11 is 1.44. The molecule has 4 heterocycles. The number of anilines is 2. The third kappa shape index (κ3) is 3.66. The molecule has 0 spiro atoms. The Kier molecular flexibility index (Phi) is 5.35. The molecule has 172 valence electrons. The van der Waals surface area contributed by atoms with Gasteiger partial charge in [-0.2, -0.15) is 4.98 Å². The largest absolute Gasteiger partial charge is 0.378 e. The number of carbonyl (C=O) groups is 1. The van der Waals surface area contributed by atoms with Crippen molar-refractivity contribution in [1.29, 1.82) is 0 Å².